The molecule has 0 heterocycles. The number of methoxy groups -OCH3 is 1. The number of ether oxygens (including phenoxy) is 1. The molecule has 2 heteroatoms. The molecule has 1 aromatic rings. The summed E-state index contributed by atoms with van der Waals surface area (Å²) in [7, 11) is 1.64. The highest BCUT2D eigenvalue weighted by molar-refractivity contribution is 5.82. The lowest BCUT2D eigenvalue weighted by Crippen LogP contribution is -2.13. The zero-order chi connectivity index (χ0) is 12.0. The van der Waals surface area contributed by atoms with Crippen molar-refractivity contribution in [3.63, 3.8) is 0 Å². The van der Waals surface area contributed by atoms with E-state index in [2.05, 4.69) is 6.92 Å². The van der Waals surface area contributed by atoms with Gasteiger partial charge in [0.15, 0.2) is 0 Å². The van der Waals surface area contributed by atoms with E-state index in [1.54, 1.807) is 7.11 Å². The highest BCUT2D eigenvalue weighted by Gasteiger charge is 2.12. The summed E-state index contributed by atoms with van der Waals surface area (Å²) < 4.78 is 5.08. The van der Waals surface area contributed by atoms with Crippen LogP contribution in [-0.2, 0) is 11.2 Å². The summed E-state index contributed by atoms with van der Waals surface area (Å²) in [4.78, 5) is 11.8. The van der Waals surface area contributed by atoms with E-state index in [-0.39, 0.29) is 5.92 Å². The minimum Gasteiger partial charge on any atom is -0.497 e. The Morgan fingerprint density at radius 3 is 2.44 bits per heavy atom. The van der Waals surface area contributed by atoms with E-state index in [4.69, 9.17) is 4.74 Å². The molecule has 1 rings (SSSR count). The number of benzene rings is 1. The molecule has 0 bridgehead atoms. The van der Waals surface area contributed by atoms with Crippen LogP contribution in [0.2, 0.25) is 0 Å². The Bertz CT molecular complexity index is 327. The monoisotopic (exact) mass is 220 g/mol. The molecule has 1 atom stereocenters. The van der Waals surface area contributed by atoms with Gasteiger partial charge in [-0.25, -0.2) is 0 Å². The van der Waals surface area contributed by atoms with E-state index in [1.165, 1.54) is 0 Å². The van der Waals surface area contributed by atoms with Gasteiger partial charge in [-0.05, 0) is 24.1 Å². The van der Waals surface area contributed by atoms with E-state index in [0.29, 0.717) is 12.2 Å². The van der Waals surface area contributed by atoms with Crippen LogP contribution in [0.1, 0.15) is 32.3 Å². The zero-order valence-corrected chi connectivity index (χ0v) is 10.3. The maximum Gasteiger partial charge on any atom is 0.140 e. The molecule has 88 valence electrons. The normalized spacial score (nSPS) is 12.2. The first-order chi connectivity index (χ1) is 7.67. The van der Waals surface area contributed by atoms with Gasteiger partial charge >= 0.3 is 0 Å². The second-order valence-electron chi connectivity index (χ2n) is 4.18. The maximum absolute atomic E-state index is 11.8. The number of carbonyl (C=O) groups is 1. The van der Waals surface area contributed by atoms with Crippen LogP contribution in [0.25, 0.3) is 0 Å². The first kappa shape index (κ1) is 12.8. The molecule has 0 radical (unpaired) electrons. The van der Waals surface area contributed by atoms with Crippen molar-refractivity contribution in [1.82, 2.24) is 0 Å². The molecule has 0 aromatic heterocycles. The van der Waals surface area contributed by atoms with Crippen molar-refractivity contribution in [2.75, 3.05) is 7.11 Å². The predicted molar refractivity (Wildman–Crippen MR) is 65.8 cm³/mol. The van der Waals surface area contributed by atoms with Gasteiger partial charge in [0.1, 0.15) is 11.5 Å². The number of carbonyl (C=O) groups excluding carboxylic acids is 1. The number of ketones is 1. The van der Waals surface area contributed by atoms with Crippen molar-refractivity contribution in [2.24, 2.45) is 5.92 Å². The summed E-state index contributed by atoms with van der Waals surface area (Å²) in [5.74, 6) is 1.33. The molecule has 1 unspecified atom stereocenters. The Balaban J connectivity index is 2.55. The molecule has 0 saturated heterocycles. The highest BCUT2D eigenvalue weighted by atomic mass is 16.5. The van der Waals surface area contributed by atoms with Crippen LogP contribution >= 0.6 is 0 Å². The molecule has 0 amide bonds. The third-order valence-electron chi connectivity index (χ3n) is 2.81. The third-order valence-corrected chi connectivity index (χ3v) is 2.81. The van der Waals surface area contributed by atoms with Gasteiger partial charge in [-0.1, -0.05) is 32.4 Å². The number of Topliss-reactive ketones (excluding diaryl/α,β-unsaturated/α-hetero) is 1. The molecule has 0 fully saturated rings. The second-order valence-corrected chi connectivity index (χ2v) is 4.18. The maximum atomic E-state index is 11.8. The standard InChI is InChI=1S/C14H20O2/c1-4-5-11(2)14(15)10-12-6-8-13(16-3)9-7-12/h6-9,11H,4-5,10H2,1-3H3. The quantitative estimate of drug-likeness (QED) is 0.735. The second kappa shape index (κ2) is 6.31. The summed E-state index contributed by atoms with van der Waals surface area (Å²) in [6.07, 6.45) is 2.58. The van der Waals surface area contributed by atoms with Gasteiger partial charge in [-0.3, -0.25) is 4.79 Å². The van der Waals surface area contributed by atoms with Gasteiger partial charge < -0.3 is 4.74 Å². The van der Waals surface area contributed by atoms with Crippen molar-refractivity contribution in [3.8, 4) is 5.75 Å². The zero-order valence-electron chi connectivity index (χ0n) is 10.3. The van der Waals surface area contributed by atoms with Crippen LogP contribution in [0, 0.1) is 5.92 Å². The first-order valence-corrected chi connectivity index (χ1v) is 5.83. The molecule has 16 heavy (non-hydrogen) atoms. The molecule has 0 N–H and O–H groups in total. The van der Waals surface area contributed by atoms with E-state index < -0.39 is 0 Å². The van der Waals surface area contributed by atoms with Crippen LogP contribution in [0.5, 0.6) is 5.75 Å². The Morgan fingerprint density at radius 2 is 1.94 bits per heavy atom. The van der Waals surface area contributed by atoms with Gasteiger partial charge in [0.2, 0.25) is 0 Å². The van der Waals surface area contributed by atoms with Gasteiger partial charge in [0, 0.05) is 12.3 Å². The minimum absolute atomic E-state index is 0.173. The third kappa shape index (κ3) is 3.69. The molecule has 0 aliphatic rings. The fourth-order valence-corrected chi connectivity index (χ4v) is 1.71. The summed E-state index contributed by atoms with van der Waals surface area (Å²) in [6.45, 7) is 4.12. The number of rotatable bonds is 6. The average molecular weight is 220 g/mol. The summed E-state index contributed by atoms with van der Waals surface area (Å²) in [6, 6.07) is 7.70. The number of hydrogen-bond acceptors (Lipinski definition) is 2. The molecule has 1 aromatic carbocycles. The Labute approximate surface area is 97.6 Å². The molecular formula is C14H20O2. The molecule has 2 nitrogen and oxygen atoms in total. The minimum atomic E-state index is 0.173. The topological polar surface area (TPSA) is 26.3 Å². The van der Waals surface area contributed by atoms with Crippen molar-refractivity contribution in [2.45, 2.75) is 33.1 Å². The Morgan fingerprint density at radius 1 is 1.31 bits per heavy atom. The lowest BCUT2D eigenvalue weighted by Gasteiger charge is -2.09. The number of hydrogen-bond donors (Lipinski definition) is 0. The Kier molecular flexibility index (Phi) is 5.03. The lowest BCUT2D eigenvalue weighted by atomic mass is 9.96. The average Bonchev–Trinajstić information content (AvgIpc) is 2.30. The first-order valence-electron chi connectivity index (χ1n) is 5.83. The SMILES string of the molecule is CCCC(C)C(=O)Cc1ccc(OC)cc1. The largest absolute Gasteiger partial charge is 0.497 e. The molecule has 0 saturated carbocycles. The fraction of sp³-hybridized carbons (Fsp3) is 0.500. The molecule has 0 aliphatic carbocycles. The summed E-state index contributed by atoms with van der Waals surface area (Å²) in [5.41, 5.74) is 1.06. The van der Waals surface area contributed by atoms with Crippen LogP contribution in [0.15, 0.2) is 24.3 Å². The van der Waals surface area contributed by atoms with Gasteiger partial charge in [0.25, 0.3) is 0 Å². The van der Waals surface area contributed by atoms with Gasteiger partial charge in [0.05, 0.1) is 7.11 Å². The van der Waals surface area contributed by atoms with Crippen LogP contribution in [-0.4, -0.2) is 12.9 Å². The van der Waals surface area contributed by atoms with Crippen LogP contribution in [0.4, 0.5) is 0 Å². The van der Waals surface area contributed by atoms with Gasteiger partial charge in [-0.2, -0.15) is 0 Å². The van der Waals surface area contributed by atoms with E-state index in [1.807, 2.05) is 31.2 Å². The predicted octanol–water partition coefficient (Wildman–Crippen LogP) is 3.24. The molecule has 0 spiro atoms. The highest BCUT2D eigenvalue weighted by Crippen LogP contribution is 2.14. The lowest BCUT2D eigenvalue weighted by molar-refractivity contribution is -0.121. The van der Waals surface area contributed by atoms with Gasteiger partial charge in [-0.15, -0.1) is 0 Å². The van der Waals surface area contributed by atoms with Crippen molar-refractivity contribution >= 4 is 5.78 Å². The van der Waals surface area contributed by atoms with E-state index >= 15 is 0 Å². The fourth-order valence-electron chi connectivity index (χ4n) is 1.71. The van der Waals surface area contributed by atoms with Crippen molar-refractivity contribution in [1.29, 1.82) is 0 Å². The van der Waals surface area contributed by atoms with Crippen molar-refractivity contribution < 1.29 is 9.53 Å². The molecule has 0 aliphatic heterocycles. The van der Waals surface area contributed by atoms with Crippen molar-refractivity contribution in [3.05, 3.63) is 29.8 Å². The van der Waals surface area contributed by atoms with Crippen LogP contribution < -0.4 is 4.74 Å². The smallest absolute Gasteiger partial charge is 0.140 e. The van der Waals surface area contributed by atoms with Crippen LogP contribution in [0.3, 0.4) is 0 Å². The van der Waals surface area contributed by atoms with E-state index in [9.17, 15) is 4.79 Å². The Hall–Kier alpha value is -1.31. The summed E-state index contributed by atoms with van der Waals surface area (Å²) >= 11 is 0. The molecular weight excluding hydrogens is 200 g/mol. The summed E-state index contributed by atoms with van der Waals surface area (Å²) in [5, 5.41) is 0. The van der Waals surface area contributed by atoms with E-state index in [0.717, 1.165) is 24.2 Å².